The first kappa shape index (κ1) is 19.6. The van der Waals surface area contributed by atoms with Crippen molar-refractivity contribution in [3.63, 3.8) is 0 Å². The SMILES string of the molecule is CC1=C(C(=O)Nc2cccc(C(F)(F)F)c2)[C@@H](c2ccccc2F)n2ncnc2N1. The van der Waals surface area contributed by atoms with Crippen molar-refractivity contribution in [3.8, 4) is 0 Å². The van der Waals surface area contributed by atoms with Gasteiger partial charge in [0, 0.05) is 16.9 Å². The van der Waals surface area contributed by atoms with Crippen LogP contribution in [0.15, 0.2) is 66.1 Å². The number of allylic oxidation sites excluding steroid dienone is 1. The van der Waals surface area contributed by atoms with Gasteiger partial charge in [0.1, 0.15) is 18.2 Å². The summed E-state index contributed by atoms with van der Waals surface area (Å²) in [6.45, 7) is 1.60. The maximum Gasteiger partial charge on any atom is 0.416 e. The van der Waals surface area contributed by atoms with Gasteiger partial charge < -0.3 is 10.6 Å². The second-order valence-corrected chi connectivity index (χ2v) is 6.65. The second kappa shape index (κ2) is 7.29. The molecule has 0 bridgehead atoms. The standard InChI is InChI=1S/C20H15F4N5O/c1-11-16(18(30)28-13-6-4-5-12(9-13)20(22,23)24)17(14-7-2-3-8-15(14)21)29-19(27-11)25-10-26-29/h2-10,17H,1H3,(H,28,30)(H,25,26,27)/t17-/m1/s1. The van der Waals surface area contributed by atoms with E-state index in [-0.39, 0.29) is 16.8 Å². The van der Waals surface area contributed by atoms with Crippen molar-refractivity contribution in [1.82, 2.24) is 14.8 Å². The van der Waals surface area contributed by atoms with Crippen LogP contribution in [-0.2, 0) is 11.0 Å². The van der Waals surface area contributed by atoms with Crippen LogP contribution < -0.4 is 10.6 Å². The van der Waals surface area contributed by atoms with Crippen molar-refractivity contribution in [2.45, 2.75) is 19.1 Å². The maximum absolute atomic E-state index is 14.6. The molecule has 0 unspecified atom stereocenters. The average molecular weight is 417 g/mol. The van der Waals surface area contributed by atoms with E-state index in [1.54, 1.807) is 13.0 Å². The van der Waals surface area contributed by atoms with Gasteiger partial charge in [0.15, 0.2) is 0 Å². The van der Waals surface area contributed by atoms with Crippen LogP contribution >= 0.6 is 0 Å². The Morgan fingerprint density at radius 2 is 1.93 bits per heavy atom. The van der Waals surface area contributed by atoms with Crippen molar-refractivity contribution in [2.24, 2.45) is 0 Å². The molecule has 0 aliphatic carbocycles. The van der Waals surface area contributed by atoms with Gasteiger partial charge in [0.05, 0.1) is 11.1 Å². The van der Waals surface area contributed by atoms with E-state index in [0.29, 0.717) is 11.6 Å². The number of alkyl halides is 3. The van der Waals surface area contributed by atoms with Crippen LogP contribution in [0, 0.1) is 5.82 Å². The smallest absolute Gasteiger partial charge is 0.328 e. The van der Waals surface area contributed by atoms with Crippen molar-refractivity contribution in [1.29, 1.82) is 0 Å². The molecule has 154 valence electrons. The summed E-state index contributed by atoms with van der Waals surface area (Å²) in [4.78, 5) is 17.1. The second-order valence-electron chi connectivity index (χ2n) is 6.65. The molecule has 1 aliphatic heterocycles. The molecule has 0 saturated carbocycles. The van der Waals surface area contributed by atoms with E-state index in [1.165, 1.54) is 41.3 Å². The molecule has 0 spiro atoms. The third-order valence-electron chi connectivity index (χ3n) is 4.69. The van der Waals surface area contributed by atoms with E-state index in [2.05, 4.69) is 20.7 Å². The van der Waals surface area contributed by atoms with Crippen molar-refractivity contribution in [3.05, 3.63) is 83.1 Å². The Morgan fingerprint density at radius 3 is 2.67 bits per heavy atom. The molecule has 1 amide bonds. The lowest BCUT2D eigenvalue weighted by atomic mass is 9.94. The zero-order valence-corrected chi connectivity index (χ0v) is 15.5. The van der Waals surface area contributed by atoms with Crippen LogP contribution in [0.4, 0.5) is 29.2 Å². The molecule has 0 fully saturated rings. The minimum atomic E-state index is -4.55. The number of benzene rings is 2. The van der Waals surface area contributed by atoms with Gasteiger partial charge in [-0.3, -0.25) is 4.79 Å². The predicted molar refractivity (Wildman–Crippen MR) is 101 cm³/mol. The normalized spacial score (nSPS) is 16.1. The Labute approximate surface area is 168 Å². The lowest BCUT2D eigenvalue weighted by Gasteiger charge is -2.29. The molecule has 6 nitrogen and oxygen atoms in total. The Kier molecular flexibility index (Phi) is 4.76. The first-order valence-corrected chi connectivity index (χ1v) is 8.86. The molecule has 2 heterocycles. The van der Waals surface area contributed by atoms with Crippen LogP contribution in [0.25, 0.3) is 0 Å². The van der Waals surface area contributed by atoms with Crippen molar-refractivity contribution < 1.29 is 22.4 Å². The highest BCUT2D eigenvalue weighted by Crippen LogP contribution is 2.36. The van der Waals surface area contributed by atoms with E-state index >= 15 is 0 Å². The molecule has 30 heavy (non-hydrogen) atoms. The zero-order chi connectivity index (χ0) is 21.5. The number of carbonyl (C=O) groups is 1. The molecule has 4 rings (SSSR count). The Balaban J connectivity index is 1.74. The number of anilines is 2. The van der Waals surface area contributed by atoms with Crippen LogP contribution in [0.2, 0.25) is 0 Å². The molecule has 3 aromatic rings. The number of rotatable bonds is 3. The highest BCUT2D eigenvalue weighted by Gasteiger charge is 2.35. The molecule has 1 aliphatic rings. The van der Waals surface area contributed by atoms with Crippen LogP contribution in [0.3, 0.4) is 0 Å². The number of aromatic nitrogens is 3. The molecule has 0 radical (unpaired) electrons. The van der Waals surface area contributed by atoms with Crippen LogP contribution in [0.5, 0.6) is 0 Å². The minimum absolute atomic E-state index is 0.0354. The van der Waals surface area contributed by atoms with Crippen molar-refractivity contribution >= 4 is 17.5 Å². The fourth-order valence-corrected chi connectivity index (χ4v) is 3.34. The Morgan fingerprint density at radius 1 is 1.17 bits per heavy atom. The number of fused-ring (bicyclic) bond motifs is 1. The van der Waals surface area contributed by atoms with Gasteiger partial charge in [-0.25, -0.2) is 9.07 Å². The maximum atomic E-state index is 14.6. The number of amides is 1. The first-order chi connectivity index (χ1) is 14.3. The third-order valence-corrected chi connectivity index (χ3v) is 4.69. The molecule has 1 atom stereocenters. The molecule has 2 aromatic carbocycles. The van der Waals surface area contributed by atoms with Crippen LogP contribution in [0.1, 0.15) is 24.1 Å². The van der Waals surface area contributed by atoms with Gasteiger partial charge in [-0.1, -0.05) is 24.3 Å². The Hall–Kier alpha value is -3.69. The summed E-state index contributed by atoms with van der Waals surface area (Å²) in [6.07, 6.45) is -3.29. The van der Waals surface area contributed by atoms with E-state index in [9.17, 15) is 22.4 Å². The largest absolute Gasteiger partial charge is 0.416 e. The van der Waals surface area contributed by atoms with Gasteiger partial charge >= 0.3 is 6.18 Å². The van der Waals surface area contributed by atoms with E-state index in [0.717, 1.165) is 12.1 Å². The summed E-state index contributed by atoms with van der Waals surface area (Å²) in [7, 11) is 0. The fourth-order valence-electron chi connectivity index (χ4n) is 3.34. The number of halogens is 4. The number of hydrogen-bond donors (Lipinski definition) is 2. The molecule has 10 heteroatoms. The number of carbonyl (C=O) groups excluding carboxylic acids is 1. The molecule has 0 saturated heterocycles. The number of hydrogen-bond acceptors (Lipinski definition) is 4. The summed E-state index contributed by atoms with van der Waals surface area (Å²) in [5.74, 6) is -0.923. The van der Waals surface area contributed by atoms with Crippen LogP contribution in [-0.4, -0.2) is 20.7 Å². The monoisotopic (exact) mass is 417 g/mol. The molecular formula is C20H15F4N5O. The van der Waals surface area contributed by atoms with Gasteiger partial charge in [-0.15, -0.1) is 0 Å². The fraction of sp³-hybridized carbons (Fsp3) is 0.150. The first-order valence-electron chi connectivity index (χ1n) is 8.86. The van der Waals surface area contributed by atoms with Crippen molar-refractivity contribution in [2.75, 3.05) is 10.6 Å². The van der Waals surface area contributed by atoms with E-state index in [4.69, 9.17) is 0 Å². The molecular weight excluding hydrogens is 402 g/mol. The van der Waals surface area contributed by atoms with Gasteiger partial charge in [0.25, 0.3) is 5.91 Å². The number of nitrogens with one attached hydrogen (secondary N) is 2. The highest BCUT2D eigenvalue weighted by atomic mass is 19.4. The van der Waals surface area contributed by atoms with E-state index in [1.807, 2.05) is 0 Å². The summed E-state index contributed by atoms with van der Waals surface area (Å²) >= 11 is 0. The number of nitrogens with zero attached hydrogens (tertiary/aromatic N) is 3. The Bertz CT molecular complexity index is 1150. The van der Waals surface area contributed by atoms with Gasteiger partial charge in [-0.2, -0.15) is 23.3 Å². The zero-order valence-electron chi connectivity index (χ0n) is 15.5. The molecule has 1 aromatic heterocycles. The van der Waals surface area contributed by atoms with Gasteiger partial charge in [-0.05, 0) is 31.2 Å². The van der Waals surface area contributed by atoms with E-state index < -0.39 is 29.5 Å². The topological polar surface area (TPSA) is 71.8 Å². The summed E-state index contributed by atoms with van der Waals surface area (Å²) in [5, 5.41) is 9.48. The highest BCUT2D eigenvalue weighted by molar-refractivity contribution is 6.06. The minimum Gasteiger partial charge on any atom is -0.328 e. The summed E-state index contributed by atoms with van der Waals surface area (Å²) < 4.78 is 54.9. The lowest BCUT2D eigenvalue weighted by molar-refractivity contribution is -0.137. The molecule has 2 N–H and O–H groups in total. The lowest BCUT2D eigenvalue weighted by Crippen LogP contribution is -2.32. The predicted octanol–water partition coefficient (Wildman–Crippen LogP) is 4.36. The van der Waals surface area contributed by atoms with Gasteiger partial charge in [0.2, 0.25) is 5.95 Å². The summed E-state index contributed by atoms with van der Waals surface area (Å²) in [6, 6.07) is 9.25. The quantitative estimate of drug-likeness (QED) is 0.621. The summed E-state index contributed by atoms with van der Waals surface area (Å²) in [5.41, 5.74) is -0.258. The average Bonchev–Trinajstić information content (AvgIpc) is 3.15. The third kappa shape index (κ3) is 3.51.